The normalized spacial score (nSPS) is 10.3. The number of carbonyl (C=O) groups is 1. The highest BCUT2D eigenvalue weighted by molar-refractivity contribution is 6.42. The molecule has 0 atom stereocenters. The minimum atomic E-state index is -1.16. The number of nitro groups is 1. The van der Waals surface area contributed by atoms with E-state index >= 15 is 0 Å². The van der Waals surface area contributed by atoms with Gasteiger partial charge in [-0.15, -0.1) is 0 Å². The van der Waals surface area contributed by atoms with Crippen LogP contribution in [0.2, 0.25) is 10.0 Å². The van der Waals surface area contributed by atoms with E-state index in [4.69, 9.17) is 33.0 Å². The maximum Gasteiger partial charge on any atom is 0.407 e. The van der Waals surface area contributed by atoms with Crippen molar-refractivity contribution in [1.29, 1.82) is 0 Å². The maximum absolute atomic E-state index is 11.0. The van der Waals surface area contributed by atoms with Crippen LogP contribution in [0.5, 0.6) is 11.5 Å². The predicted octanol–water partition coefficient (Wildman–Crippen LogP) is 4.80. The Morgan fingerprint density at radius 3 is 2.54 bits per heavy atom. The molecule has 0 aliphatic heterocycles. The molecule has 9 heteroatoms. The molecule has 1 amide bonds. The van der Waals surface area contributed by atoms with Crippen LogP contribution < -0.4 is 4.74 Å². The number of amides is 1. The fourth-order valence-electron chi connectivity index (χ4n) is 1.89. The number of ether oxygens (including phenoxy) is 1. The number of carboxylic acid groups (broad SMARTS) is 1. The second-order valence-electron chi connectivity index (χ2n) is 4.87. The molecule has 0 aromatic heterocycles. The van der Waals surface area contributed by atoms with Crippen LogP contribution in [0.1, 0.15) is 5.56 Å². The Hall–Kier alpha value is -2.51. The summed E-state index contributed by atoms with van der Waals surface area (Å²) in [4.78, 5) is 22.3. The Labute approximate surface area is 147 Å². The van der Waals surface area contributed by atoms with Crippen LogP contribution >= 0.6 is 23.2 Å². The van der Waals surface area contributed by atoms with E-state index in [0.717, 1.165) is 4.90 Å². The zero-order valence-electron chi connectivity index (χ0n) is 12.4. The summed E-state index contributed by atoms with van der Waals surface area (Å²) in [5.74, 6) is 0.657. The van der Waals surface area contributed by atoms with Crippen LogP contribution in [-0.2, 0) is 6.54 Å². The van der Waals surface area contributed by atoms with E-state index in [9.17, 15) is 14.9 Å². The second kappa shape index (κ2) is 7.37. The molecule has 0 radical (unpaired) electrons. The monoisotopic (exact) mass is 370 g/mol. The van der Waals surface area contributed by atoms with Gasteiger partial charge in [-0.1, -0.05) is 23.2 Å². The molecule has 0 fully saturated rings. The molecule has 0 aliphatic rings. The second-order valence-corrected chi connectivity index (χ2v) is 5.68. The maximum atomic E-state index is 11.0. The van der Waals surface area contributed by atoms with Gasteiger partial charge in [-0.05, 0) is 18.2 Å². The predicted molar refractivity (Wildman–Crippen MR) is 89.1 cm³/mol. The Morgan fingerprint density at radius 2 is 1.96 bits per heavy atom. The molecule has 0 heterocycles. The molecule has 2 rings (SSSR count). The molecule has 7 nitrogen and oxygen atoms in total. The Bertz CT molecular complexity index is 797. The molecule has 0 saturated carbocycles. The first-order valence-corrected chi connectivity index (χ1v) is 7.38. The van der Waals surface area contributed by atoms with Gasteiger partial charge in [-0.25, -0.2) is 4.79 Å². The van der Waals surface area contributed by atoms with Crippen LogP contribution in [0.4, 0.5) is 10.5 Å². The van der Waals surface area contributed by atoms with Crippen molar-refractivity contribution >= 4 is 35.0 Å². The number of non-ortho nitro benzene ring substituents is 1. The number of halogens is 2. The van der Waals surface area contributed by atoms with E-state index < -0.39 is 11.0 Å². The number of nitrogens with zero attached hydrogens (tertiary/aromatic N) is 2. The first kappa shape index (κ1) is 17.8. The molecule has 2 aromatic rings. The van der Waals surface area contributed by atoms with Crippen LogP contribution in [-0.4, -0.2) is 28.1 Å². The minimum Gasteiger partial charge on any atom is -0.465 e. The lowest BCUT2D eigenvalue weighted by atomic mass is 10.1. The Kier molecular flexibility index (Phi) is 5.48. The van der Waals surface area contributed by atoms with Crippen molar-refractivity contribution in [3.05, 3.63) is 62.1 Å². The fourth-order valence-corrected chi connectivity index (χ4v) is 2.18. The summed E-state index contributed by atoms with van der Waals surface area (Å²) in [7, 11) is 1.35. The summed E-state index contributed by atoms with van der Waals surface area (Å²) in [6.07, 6.45) is -1.16. The summed E-state index contributed by atoms with van der Waals surface area (Å²) < 4.78 is 5.68. The lowest BCUT2D eigenvalue weighted by Gasteiger charge is -2.16. The highest BCUT2D eigenvalue weighted by Gasteiger charge is 2.16. The molecular weight excluding hydrogens is 359 g/mol. The molecule has 0 bridgehead atoms. The third kappa shape index (κ3) is 4.27. The van der Waals surface area contributed by atoms with Crippen molar-refractivity contribution in [2.75, 3.05) is 7.05 Å². The highest BCUT2D eigenvalue weighted by Crippen LogP contribution is 2.33. The van der Waals surface area contributed by atoms with E-state index in [1.54, 1.807) is 12.1 Å². The molecule has 0 spiro atoms. The van der Waals surface area contributed by atoms with Crippen molar-refractivity contribution in [3.63, 3.8) is 0 Å². The Balaban J connectivity index is 2.37. The summed E-state index contributed by atoms with van der Waals surface area (Å²) in [6.45, 7) is -0.0757. The zero-order chi connectivity index (χ0) is 17.9. The molecule has 1 N–H and O–H groups in total. The molecule has 24 heavy (non-hydrogen) atoms. The molecule has 0 unspecified atom stereocenters. The van der Waals surface area contributed by atoms with Gasteiger partial charge in [0.2, 0.25) is 0 Å². The van der Waals surface area contributed by atoms with Gasteiger partial charge in [-0.3, -0.25) is 10.1 Å². The van der Waals surface area contributed by atoms with E-state index in [1.165, 1.54) is 31.3 Å². The SMILES string of the molecule is CN(Cc1cc([N+](=O)[O-])ccc1Oc1ccc(Cl)c(Cl)c1)C(=O)O. The van der Waals surface area contributed by atoms with Crippen molar-refractivity contribution < 1.29 is 19.6 Å². The number of benzene rings is 2. The standard InChI is InChI=1S/C15H12Cl2N2O5/c1-18(15(20)21)8-9-6-10(19(22)23)2-5-14(9)24-11-3-4-12(16)13(17)7-11/h2-7H,8H2,1H3,(H,20,21). The lowest BCUT2D eigenvalue weighted by molar-refractivity contribution is -0.384. The van der Waals surface area contributed by atoms with Gasteiger partial charge in [0.05, 0.1) is 21.5 Å². The van der Waals surface area contributed by atoms with Gasteiger partial charge in [0.15, 0.2) is 0 Å². The van der Waals surface area contributed by atoms with E-state index in [0.29, 0.717) is 21.4 Å². The van der Waals surface area contributed by atoms with Gasteiger partial charge in [0, 0.05) is 30.8 Å². The third-order valence-electron chi connectivity index (χ3n) is 3.11. The van der Waals surface area contributed by atoms with E-state index in [2.05, 4.69) is 0 Å². The summed E-state index contributed by atoms with van der Waals surface area (Å²) in [5, 5.41) is 20.6. The topological polar surface area (TPSA) is 92.9 Å². The summed E-state index contributed by atoms with van der Waals surface area (Å²) >= 11 is 11.8. The minimum absolute atomic E-state index is 0.0757. The van der Waals surface area contributed by atoms with Gasteiger partial charge in [0.25, 0.3) is 5.69 Å². The number of hydrogen-bond acceptors (Lipinski definition) is 4. The Morgan fingerprint density at radius 1 is 1.25 bits per heavy atom. The quantitative estimate of drug-likeness (QED) is 0.602. The van der Waals surface area contributed by atoms with Crippen LogP contribution in [0.15, 0.2) is 36.4 Å². The number of nitro benzene ring substituents is 1. The molecular formula is C15H12Cl2N2O5. The average Bonchev–Trinajstić information content (AvgIpc) is 2.52. The number of rotatable bonds is 5. The highest BCUT2D eigenvalue weighted by atomic mass is 35.5. The first-order valence-electron chi connectivity index (χ1n) is 6.62. The molecule has 0 saturated heterocycles. The van der Waals surface area contributed by atoms with E-state index in [-0.39, 0.29) is 18.0 Å². The molecule has 126 valence electrons. The van der Waals surface area contributed by atoms with Crippen molar-refractivity contribution in [2.45, 2.75) is 6.54 Å². The molecule has 0 aliphatic carbocycles. The largest absolute Gasteiger partial charge is 0.465 e. The van der Waals surface area contributed by atoms with Gasteiger partial charge >= 0.3 is 6.09 Å². The van der Waals surface area contributed by atoms with Gasteiger partial charge in [0.1, 0.15) is 11.5 Å². The zero-order valence-corrected chi connectivity index (χ0v) is 13.9. The summed E-state index contributed by atoms with van der Waals surface area (Å²) in [6, 6.07) is 8.58. The molecule has 2 aromatic carbocycles. The van der Waals surface area contributed by atoms with Crippen LogP contribution in [0.25, 0.3) is 0 Å². The first-order chi connectivity index (χ1) is 11.3. The van der Waals surface area contributed by atoms with Crippen molar-refractivity contribution in [3.8, 4) is 11.5 Å². The third-order valence-corrected chi connectivity index (χ3v) is 3.85. The summed E-state index contributed by atoms with van der Waals surface area (Å²) in [5.41, 5.74) is 0.186. The fraction of sp³-hybridized carbons (Fsp3) is 0.133. The van der Waals surface area contributed by atoms with Gasteiger partial charge in [-0.2, -0.15) is 0 Å². The van der Waals surface area contributed by atoms with Crippen molar-refractivity contribution in [1.82, 2.24) is 4.90 Å². The van der Waals surface area contributed by atoms with Crippen molar-refractivity contribution in [2.24, 2.45) is 0 Å². The lowest BCUT2D eigenvalue weighted by Crippen LogP contribution is -2.24. The average molecular weight is 371 g/mol. The van der Waals surface area contributed by atoms with Crippen LogP contribution in [0.3, 0.4) is 0 Å². The van der Waals surface area contributed by atoms with E-state index in [1.807, 2.05) is 0 Å². The van der Waals surface area contributed by atoms with Gasteiger partial charge < -0.3 is 14.7 Å². The smallest absolute Gasteiger partial charge is 0.407 e. The van der Waals surface area contributed by atoms with Crippen LogP contribution in [0, 0.1) is 10.1 Å². The number of hydrogen-bond donors (Lipinski definition) is 1.